The maximum absolute atomic E-state index is 5.77. The second-order valence-corrected chi connectivity index (χ2v) is 4.69. The number of ether oxygens (including phenoxy) is 2. The molecule has 0 aliphatic carbocycles. The van der Waals surface area contributed by atoms with Crippen molar-refractivity contribution in [2.45, 2.75) is 39.7 Å². The van der Waals surface area contributed by atoms with Gasteiger partial charge in [-0.15, -0.1) is 0 Å². The summed E-state index contributed by atoms with van der Waals surface area (Å²) in [6.45, 7) is 12.8. The predicted octanol–water partition coefficient (Wildman–Crippen LogP) is 2.78. The summed E-state index contributed by atoms with van der Waals surface area (Å²) in [4.78, 5) is 0. The molecule has 0 spiro atoms. The molecule has 0 bridgehead atoms. The van der Waals surface area contributed by atoms with Gasteiger partial charge in [-0.2, -0.15) is 0 Å². The molecule has 0 radical (unpaired) electrons. The van der Waals surface area contributed by atoms with Crippen molar-refractivity contribution in [2.24, 2.45) is 5.41 Å². The molecular weight excluding hydrogens is 176 g/mol. The Morgan fingerprint density at radius 1 is 1.57 bits per heavy atom. The van der Waals surface area contributed by atoms with Gasteiger partial charge in [0.2, 0.25) is 0 Å². The molecule has 1 fully saturated rings. The molecule has 1 atom stereocenters. The average molecular weight is 198 g/mol. The molecule has 1 saturated heterocycles. The quantitative estimate of drug-likeness (QED) is 0.647. The molecular formula is C12H22O2. The third kappa shape index (κ3) is 3.10. The largest absolute Gasteiger partial charge is 0.381 e. The van der Waals surface area contributed by atoms with Gasteiger partial charge in [-0.25, -0.2) is 0 Å². The van der Waals surface area contributed by atoms with Gasteiger partial charge in [-0.05, 0) is 19.8 Å². The summed E-state index contributed by atoms with van der Waals surface area (Å²) in [6, 6.07) is 0. The van der Waals surface area contributed by atoms with Gasteiger partial charge in [0.25, 0.3) is 0 Å². The number of hydrogen-bond donors (Lipinski definition) is 0. The Bertz CT molecular complexity index is 196. The average Bonchev–Trinajstić information content (AvgIpc) is 2.15. The van der Waals surface area contributed by atoms with Gasteiger partial charge < -0.3 is 9.47 Å². The van der Waals surface area contributed by atoms with E-state index in [9.17, 15) is 0 Å². The lowest BCUT2D eigenvalue weighted by molar-refractivity contribution is -0.0731. The normalized spacial score (nSPS) is 23.9. The Morgan fingerprint density at radius 2 is 2.29 bits per heavy atom. The third-order valence-corrected chi connectivity index (χ3v) is 2.80. The first-order valence-electron chi connectivity index (χ1n) is 5.42. The molecule has 14 heavy (non-hydrogen) atoms. The molecule has 1 aliphatic rings. The van der Waals surface area contributed by atoms with Crippen LogP contribution in [0.15, 0.2) is 12.2 Å². The molecule has 0 N–H and O–H groups in total. The van der Waals surface area contributed by atoms with Crippen LogP contribution in [0.3, 0.4) is 0 Å². The molecule has 0 aromatic heterocycles. The van der Waals surface area contributed by atoms with Crippen molar-refractivity contribution < 1.29 is 9.47 Å². The van der Waals surface area contributed by atoms with Crippen LogP contribution in [0.25, 0.3) is 0 Å². The molecule has 0 amide bonds. The summed E-state index contributed by atoms with van der Waals surface area (Å²) in [5.41, 5.74) is 1.41. The Kier molecular flexibility index (Phi) is 4.14. The van der Waals surface area contributed by atoms with E-state index in [-0.39, 0.29) is 11.5 Å². The van der Waals surface area contributed by atoms with E-state index in [1.54, 1.807) is 0 Å². The van der Waals surface area contributed by atoms with Crippen molar-refractivity contribution in [3.8, 4) is 0 Å². The van der Waals surface area contributed by atoms with Crippen LogP contribution in [0.5, 0.6) is 0 Å². The molecule has 1 unspecified atom stereocenters. The highest BCUT2D eigenvalue weighted by Crippen LogP contribution is 2.32. The lowest BCUT2D eigenvalue weighted by Gasteiger charge is -2.37. The molecule has 82 valence electrons. The van der Waals surface area contributed by atoms with Crippen LogP contribution in [0.4, 0.5) is 0 Å². The van der Waals surface area contributed by atoms with Crippen molar-refractivity contribution in [1.29, 1.82) is 0 Å². The molecule has 1 aliphatic heterocycles. The van der Waals surface area contributed by atoms with Crippen LogP contribution < -0.4 is 0 Å². The molecule has 1 heterocycles. The lowest BCUT2D eigenvalue weighted by atomic mass is 9.82. The van der Waals surface area contributed by atoms with Gasteiger partial charge in [0.1, 0.15) is 0 Å². The highest BCUT2D eigenvalue weighted by Gasteiger charge is 2.32. The summed E-state index contributed by atoms with van der Waals surface area (Å²) in [5, 5.41) is 0. The monoisotopic (exact) mass is 198 g/mol. The van der Waals surface area contributed by atoms with Gasteiger partial charge in [0.15, 0.2) is 0 Å². The summed E-state index contributed by atoms with van der Waals surface area (Å²) in [6.07, 6.45) is 2.27. The second-order valence-electron chi connectivity index (χ2n) is 4.69. The van der Waals surface area contributed by atoms with Gasteiger partial charge in [-0.3, -0.25) is 0 Å². The first-order valence-corrected chi connectivity index (χ1v) is 5.42. The first-order chi connectivity index (χ1) is 6.56. The summed E-state index contributed by atoms with van der Waals surface area (Å²) in [5.74, 6) is 0. The fourth-order valence-corrected chi connectivity index (χ4v) is 1.73. The van der Waals surface area contributed by atoms with Crippen LogP contribution in [0.1, 0.15) is 33.6 Å². The van der Waals surface area contributed by atoms with Gasteiger partial charge in [-0.1, -0.05) is 26.0 Å². The summed E-state index contributed by atoms with van der Waals surface area (Å²) < 4.78 is 11.2. The summed E-state index contributed by atoms with van der Waals surface area (Å²) >= 11 is 0. The van der Waals surface area contributed by atoms with Gasteiger partial charge in [0, 0.05) is 12.0 Å². The maximum atomic E-state index is 5.77. The van der Waals surface area contributed by atoms with Crippen LogP contribution in [0.2, 0.25) is 0 Å². The SMILES string of the molecule is C=C1CCOC(C(C)(C)COCC)C1. The summed E-state index contributed by atoms with van der Waals surface area (Å²) in [7, 11) is 0. The maximum Gasteiger partial charge on any atom is 0.0685 e. The smallest absolute Gasteiger partial charge is 0.0685 e. The van der Waals surface area contributed by atoms with Crippen LogP contribution in [0, 0.1) is 5.41 Å². The Morgan fingerprint density at radius 3 is 2.86 bits per heavy atom. The molecule has 2 heteroatoms. The van der Waals surface area contributed by atoms with Crippen molar-refractivity contribution in [2.75, 3.05) is 19.8 Å². The number of hydrogen-bond acceptors (Lipinski definition) is 2. The van der Waals surface area contributed by atoms with Crippen molar-refractivity contribution in [3.63, 3.8) is 0 Å². The first kappa shape index (κ1) is 11.7. The van der Waals surface area contributed by atoms with Crippen molar-refractivity contribution >= 4 is 0 Å². The Balaban J connectivity index is 2.47. The van der Waals surface area contributed by atoms with E-state index in [1.807, 2.05) is 6.92 Å². The molecule has 2 nitrogen and oxygen atoms in total. The van der Waals surface area contributed by atoms with Gasteiger partial charge >= 0.3 is 0 Å². The number of rotatable bonds is 4. The fourth-order valence-electron chi connectivity index (χ4n) is 1.73. The fraction of sp³-hybridized carbons (Fsp3) is 0.833. The van der Waals surface area contributed by atoms with E-state index in [1.165, 1.54) is 5.57 Å². The van der Waals surface area contributed by atoms with E-state index >= 15 is 0 Å². The Hall–Kier alpha value is -0.340. The zero-order valence-electron chi connectivity index (χ0n) is 9.64. The van der Waals surface area contributed by atoms with Gasteiger partial charge in [0.05, 0.1) is 19.3 Å². The zero-order valence-corrected chi connectivity index (χ0v) is 9.64. The lowest BCUT2D eigenvalue weighted by Crippen LogP contribution is -2.38. The van der Waals surface area contributed by atoms with E-state index in [0.29, 0.717) is 0 Å². The Labute approximate surface area is 87.3 Å². The molecule has 0 saturated carbocycles. The minimum atomic E-state index is 0.0966. The van der Waals surface area contributed by atoms with Crippen molar-refractivity contribution in [3.05, 3.63) is 12.2 Å². The highest BCUT2D eigenvalue weighted by molar-refractivity contribution is 5.02. The minimum Gasteiger partial charge on any atom is -0.381 e. The van der Waals surface area contributed by atoms with Crippen LogP contribution in [-0.2, 0) is 9.47 Å². The molecule has 0 aromatic carbocycles. The van der Waals surface area contributed by atoms with E-state index in [4.69, 9.17) is 9.47 Å². The molecule has 1 rings (SSSR count). The zero-order chi connectivity index (χ0) is 10.6. The standard InChI is InChI=1S/C12H22O2/c1-5-13-9-12(3,4)11-8-10(2)6-7-14-11/h11H,2,5-9H2,1,3-4H3. The van der Waals surface area contributed by atoms with Crippen LogP contribution >= 0.6 is 0 Å². The minimum absolute atomic E-state index is 0.0966. The van der Waals surface area contributed by atoms with E-state index < -0.39 is 0 Å². The highest BCUT2D eigenvalue weighted by atomic mass is 16.5. The van der Waals surface area contributed by atoms with Crippen LogP contribution in [-0.4, -0.2) is 25.9 Å². The van der Waals surface area contributed by atoms with E-state index in [0.717, 1.165) is 32.7 Å². The molecule has 0 aromatic rings. The second kappa shape index (κ2) is 4.94. The van der Waals surface area contributed by atoms with E-state index in [2.05, 4.69) is 20.4 Å². The predicted molar refractivity (Wildman–Crippen MR) is 58.4 cm³/mol. The van der Waals surface area contributed by atoms with Crippen molar-refractivity contribution in [1.82, 2.24) is 0 Å². The topological polar surface area (TPSA) is 18.5 Å². The third-order valence-electron chi connectivity index (χ3n) is 2.80.